The second kappa shape index (κ2) is 6.57. The Morgan fingerprint density at radius 1 is 1.16 bits per heavy atom. The van der Waals surface area contributed by atoms with Crippen LogP contribution < -0.4 is 10.9 Å². The minimum Gasteiger partial charge on any atom is -0.380 e. The third-order valence-electron chi connectivity index (χ3n) is 2.86. The molecule has 1 heterocycles. The summed E-state index contributed by atoms with van der Waals surface area (Å²) in [4.78, 5) is 11.6. The Bertz CT molecular complexity index is 590. The summed E-state index contributed by atoms with van der Waals surface area (Å²) in [6.45, 7) is 3.57. The fourth-order valence-corrected chi connectivity index (χ4v) is 2.12. The fourth-order valence-electron chi connectivity index (χ4n) is 1.86. The number of aryl methyl sites for hydroxylation is 1. The zero-order valence-corrected chi connectivity index (χ0v) is 12.5. The zero-order valence-electron chi connectivity index (χ0n) is 10.9. The van der Waals surface area contributed by atoms with Crippen LogP contribution in [0.1, 0.15) is 18.9 Å². The highest BCUT2D eigenvalue weighted by Gasteiger charge is 1.98. The molecular formula is C15H17BrN2O. The molecular weight excluding hydrogens is 304 g/mol. The Morgan fingerprint density at radius 3 is 2.58 bits per heavy atom. The van der Waals surface area contributed by atoms with Gasteiger partial charge in [-0.2, -0.15) is 0 Å². The summed E-state index contributed by atoms with van der Waals surface area (Å²) in [5.41, 5.74) is 2.23. The van der Waals surface area contributed by atoms with Gasteiger partial charge in [-0.15, -0.1) is 0 Å². The molecule has 1 N–H and O–H groups in total. The van der Waals surface area contributed by atoms with E-state index in [-0.39, 0.29) is 5.56 Å². The van der Waals surface area contributed by atoms with Crippen molar-refractivity contribution >= 4 is 21.6 Å². The molecule has 19 heavy (non-hydrogen) atoms. The maximum Gasteiger partial charge on any atom is 0.250 e. The van der Waals surface area contributed by atoms with Crippen molar-refractivity contribution in [3.8, 4) is 0 Å². The van der Waals surface area contributed by atoms with Crippen LogP contribution in [-0.4, -0.2) is 4.57 Å². The fraction of sp³-hybridized carbons (Fsp3) is 0.267. The summed E-state index contributed by atoms with van der Waals surface area (Å²) in [5.74, 6) is 0. The second-order valence-corrected chi connectivity index (χ2v) is 5.35. The van der Waals surface area contributed by atoms with Crippen molar-refractivity contribution in [3.63, 3.8) is 0 Å². The van der Waals surface area contributed by atoms with Crippen LogP contribution in [0.3, 0.4) is 0 Å². The highest BCUT2D eigenvalue weighted by molar-refractivity contribution is 9.10. The van der Waals surface area contributed by atoms with Crippen molar-refractivity contribution in [2.75, 3.05) is 5.32 Å². The molecule has 3 nitrogen and oxygen atoms in total. The number of anilines is 1. The van der Waals surface area contributed by atoms with Crippen LogP contribution in [0, 0.1) is 0 Å². The van der Waals surface area contributed by atoms with E-state index in [0.29, 0.717) is 0 Å². The second-order valence-electron chi connectivity index (χ2n) is 4.43. The van der Waals surface area contributed by atoms with Crippen molar-refractivity contribution in [2.24, 2.45) is 0 Å². The van der Waals surface area contributed by atoms with Crippen LogP contribution in [0.25, 0.3) is 0 Å². The highest BCUT2D eigenvalue weighted by atomic mass is 79.9. The van der Waals surface area contributed by atoms with Crippen molar-refractivity contribution in [3.05, 3.63) is 63.0 Å². The number of rotatable bonds is 5. The molecule has 0 saturated heterocycles. The maximum atomic E-state index is 11.6. The molecule has 1 aromatic heterocycles. The first-order chi connectivity index (χ1) is 9.19. The Labute approximate surface area is 121 Å². The first-order valence-electron chi connectivity index (χ1n) is 6.38. The van der Waals surface area contributed by atoms with E-state index in [2.05, 4.69) is 40.3 Å². The lowest BCUT2D eigenvalue weighted by Crippen LogP contribution is -2.18. The summed E-state index contributed by atoms with van der Waals surface area (Å²) in [6, 6.07) is 11.6. The maximum absolute atomic E-state index is 11.6. The monoisotopic (exact) mass is 320 g/mol. The SMILES string of the molecule is CCCn1cc(NCc2ccc(Br)cc2)ccc1=O. The van der Waals surface area contributed by atoms with Gasteiger partial charge in [0.2, 0.25) is 0 Å². The molecule has 0 aliphatic carbocycles. The van der Waals surface area contributed by atoms with Crippen molar-refractivity contribution in [1.29, 1.82) is 0 Å². The molecule has 0 aliphatic heterocycles. The summed E-state index contributed by atoms with van der Waals surface area (Å²) < 4.78 is 2.82. The van der Waals surface area contributed by atoms with Crippen molar-refractivity contribution in [1.82, 2.24) is 4.57 Å². The molecule has 0 saturated carbocycles. The third-order valence-corrected chi connectivity index (χ3v) is 3.39. The van der Waals surface area contributed by atoms with E-state index in [4.69, 9.17) is 0 Å². The quantitative estimate of drug-likeness (QED) is 0.912. The summed E-state index contributed by atoms with van der Waals surface area (Å²) >= 11 is 3.42. The lowest BCUT2D eigenvalue weighted by Gasteiger charge is -2.09. The number of benzene rings is 1. The van der Waals surface area contributed by atoms with E-state index in [9.17, 15) is 4.79 Å². The van der Waals surface area contributed by atoms with Crippen LogP contribution in [0.5, 0.6) is 0 Å². The molecule has 0 spiro atoms. The van der Waals surface area contributed by atoms with Crippen molar-refractivity contribution < 1.29 is 0 Å². The number of nitrogens with one attached hydrogen (secondary N) is 1. The summed E-state index contributed by atoms with van der Waals surface area (Å²) in [7, 11) is 0. The van der Waals surface area contributed by atoms with Gasteiger partial charge in [-0.1, -0.05) is 35.0 Å². The molecule has 0 bridgehead atoms. The molecule has 4 heteroatoms. The van der Waals surface area contributed by atoms with E-state index in [1.807, 2.05) is 24.4 Å². The number of halogens is 1. The number of pyridine rings is 1. The number of nitrogens with zero attached hydrogens (tertiary/aromatic N) is 1. The van der Waals surface area contributed by atoms with E-state index in [0.717, 1.165) is 29.7 Å². The van der Waals surface area contributed by atoms with E-state index in [1.165, 1.54) is 5.56 Å². The topological polar surface area (TPSA) is 34.0 Å². The van der Waals surface area contributed by atoms with Gasteiger partial charge in [0.1, 0.15) is 0 Å². The van der Waals surface area contributed by atoms with Gasteiger partial charge in [-0.3, -0.25) is 4.79 Å². The normalized spacial score (nSPS) is 10.4. The van der Waals surface area contributed by atoms with Gasteiger partial charge in [0.05, 0.1) is 5.69 Å². The van der Waals surface area contributed by atoms with Crippen molar-refractivity contribution in [2.45, 2.75) is 26.4 Å². The molecule has 0 aliphatic rings. The van der Waals surface area contributed by atoms with Gasteiger partial charge in [0.25, 0.3) is 5.56 Å². The Balaban J connectivity index is 2.05. The first kappa shape index (κ1) is 13.9. The van der Waals surface area contributed by atoms with Crippen LogP contribution in [-0.2, 0) is 13.1 Å². The average molecular weight is 321 g/mol. The van der Waals surface area contributed by atoms with Gasteiger partial charge in [-0.25, -0.2) is 0 Å². The Morgan fingerprint density at radius 2 is 1.89 bits per heavy atom. The van der Waals surface area contributed by atoms with Gasteiger partial charge >= 0.3 is 0 Å². The number of aromatic nitrogens is 1. The highest BCUT2D eigenvalue weighted by Crippen LogP contribution is 2.12. The standard InChI is InChI=1S/C15H17BrN2O/c1-2-9-18-11-14(7-8-15(18)19)17-10-12-3-5-13(16)6-4-12/h3-8,11,17H,2,9-10H2,1H3. The largest absolute Gasteiger partial charge is 0.380 e. The molecule has 0 fully saturated rings. The smallest absolute Gasteiger partial charge is 0.250 e. The first-order valence-corrected chi connectivity index (χ1v) is 7.17. The molecule has 0 radical (unpaired) electrons. The molecule has 0 amide bonds. The Kier molecular flexibility index (Phi) is 4.80. The van der Waals surface area contributed by atoms with E-state index >= 15 is 0 Å². The minimum absolute atomic E-state index is 0.0519. The average Bonchev–Trinajstić information content (AvgIpc) is 2.42. The molecule has 1 aromatic carbocycles. The number of hydrogen-bond acceptors (Lipinski definition) is 2. The van der Waals surface area contributed by atoms with Gasteiger partial charge < -0.3 is 9.88 Å². The lowest BCUT2D eigenvalue weighted by atomic mass is 10.2. The number of hydrogen-bond donors (Lipinski definition) is 1. The van der Waals surface area contributed by atoms with E-state index in [1.54, 1.807) is 10.6 Å². The van der Waals surface area contributed by atoms with E-state index < -0.39 is 0 Å². The van der Waals surface area contributed by atoms with Gasteiger partial charge in [-0.05, 0) is 30.2 Å². The molecule has 100 valence electrons. The van der Waals surface area contributed by atoms with Gasteiger partial charge in [0.15, 0.2) is 0 Å². The zero-order chi connectivity index (χ0) is 13.7. The van der Waals surface area contributed by atoms with Crippen LogP contribution in [0.4, 0.5) is 5.69 Å². The molecule has 2 aromatic rings. The third kappa shape index (κ3) is 3.96. The minimum atomic E-state index is 0.0519. The molecule has 2 rings (SSSR count). The molecule has 0 atom stereocenters. The van der Waals surface area contributed by atoms with Crippen LogP contribution in [0.15, 0.2) is 51.9 Å². The van der Waals surface area contributed by atoms with Crippen LogP contribution in [0.2, 0.25) is 0 Å². The predicted octanol–water partition coefficient (Wildman–Crippen LogP) is 3.63. The Hall–Kier alpha value is -1.55. The van der Waals surface area contributed by atoms with Crippen LogP contribution >= 0.6 is 15.9 Å². The predicted molar refractivity (Wildman–Crippen MR) is 82.5 cm³/mol. The lowest BCUT2D eigenvalue weighted by molar-refractivity contribution is 0.655. The summed E-state index contributed by atoms with van der Waals surface area (Å²) in [5, 5.41) is 3.33. The molecule has 0 unspecified atom stereocenters. The summed E-state index contributed by atoms with van der Waals surface area (Å²) in [6.07, 6.45) is 2.83. The van der Waals surface area contributed by atoms with Gasteiger partial charge in [0, 0.05) is 29.8 Å².